The van der Waals surface area contributed by atoms with E-state index in [1.807, 2.05) is 0 Å². The van der Waals surface area contributed by atoms with Gasteiger partial charge in [0.05, 0.1) is 14.2 Å². The van der Waals surface area contributed by atoms with Crippen LogP contribution in [0.25, 0.3) is 0 Å². The van der Waals surface area contributed by atoms with Gasteiger partial charge in [0.15, 0.2) is 0 Å². The van der Waals surface area contributed by atoms with Crippen molar-refractivity contribution in [3.05, 3.63) is 23.8 Å². The second-order valence-electron chi connectivity index (χ2n) is 6.24. The standard InChI is InChI=1S/C19H28N2O5/c1-24-13-5-10-20-18(22)14-8-11-21(12-9-14)19(23)17-15(25-2)6-4-7-16(17)26-3/h4,6-7,14H,5,8-13H2,1-3H3,(H,20,22). The Balaban J connectivity index is 1.94. The minimum absolute atomic E-state index is 0.0545. The third-order valence-electron chi connectivity index (χ3n) is 4.62. The molecule has 1 N–H and O–H groups in total. The molecule has 144 valence electrons. The zero-order valence-corrected chi connectivity index (χ0v) is 15.7. The summed E-state index contributed by atoms with van der Waals surface area (Å²) in [7, 11) is 4.71. The number of hydrogen-bond donors (Lipinski definition) is 1. The highest BCUT2D eigenvalue weighted by molar-refractivity contribution is 5.99. The summed E-state index contributed by atoms with van der Waals surface area (Å²) in [6.07, 6.45) is 2.10. The van der Waals surface area contributed by atoms with Crippen molar-refractivity contribution >= 4 is 11.8 Å². The largest absolute Gasteiger partial charge is 0.496 e. The Morgan fingerprint density at radius 2 is 1.73 bits per heavy atom. The van der Waals surface area contributed by atoms with Gasteiger partial charge in [0.25, 0.3) is 5.91 Å². The molecule has 1 fully saturated rings. The topological polar surface area (TPSA) is 77.1 Å². The van der Waals surface area contributed by atoms with Crippen molar-refractivity contribution in [2.75, 3.05) is 47.6 Å². The van der Waals surface area contributed by atoms with Gasteiger partial charge in [-0.15, -0.1) is 0 Å². The molecule has 0 radical (unpaired) electrons. The van der Waals surface area contributed by atoms with E-state index in [1.54, 1.807) is 30.2 Å². The number of carbonyl (C=O) groups excluding carboxylic acids is 2. The Hall–Kier alpha value is -2.28. The second-order valence-corrected chi connectivity index (χ2v) is 6.24. The Bertz CT molecular complexity index is 590. The fourth-order valence-corrected chi connectivity index (χ4v) is 3.14. The molecular weight excluding hydrogens is 336 g/mol. The van der Waals surface area contributed by atoms with Crippen LogP contribution >= 0.6 is 0 Å². The smallest absolute Gasteiger partial charge is 0.261 e. The van der Waals surface area contributed by atoms with Crippen LogP contribution in [-0.4, -0.2) is 64.3 Å². The number of hydrogen-bond acceptors (Lipinski definition) is 5. The van der Waals surface area contributed by atoms with E-state index >= 15 is 0 Å². The SMILES string of the molecule is COCCCNC(=O)C1CCN(C(=O)c2c(OC)cccc2OC)CC1. The van der Waals surface area contributed by atoms with Crippen molar-refractivity contribution in [3.63, 3.8) is 0 Å². The maximum Gasteiger partial charge on any atom is 0.261 e. The first-order valence-corrected chi connectivity index (χ1v) is 8.89. The van der Waals surface area contributed by atoms with Crippen LogP contribution in [0.2, 0.25) is 0 Å². The first kappa shape index (κ1) is 20.0. The van der Waals surface area contributed by atoms with Gasteiger partial charge in [-0.3, -0.25) is 9.59 Å². The Morgan fingerprint density at radius 3 is 2.27 bits per heavy atom. The Labute approximate surface area is 154 Å². The van der Waals surface area contributed by atoms with Gasteiger partial charge in [-0.05, 0) is 31.4 Å². The van der Waals surface area contributed by atoms with Crippen LogP contribution in [0.15, 0.2) is 18.2 Å². The highest BCUT2D eigenvalue weighted by atomic mass is 16.5. The van der Waals surface area contributed by atoms with Gasteiger partial charge in [0.1, 0.15) is 17.1 Å². The minimum atomic E-state index is -0.127. The van der Waals surface area contributed by atoms with Crippen LogP contribution in [-0.2, 0) is 9.53 Å². The molecule has 0 aromatic heterocycles. The number of nitrogens with zero attached hydrogens (tertiary/aromatic N) is 1. The molecule has 2 rings (SSSR count). The number of piperidine rings is 1. The van der Waals surface area contributed by atoms with Crippen LogP contribution < -0.4 is 14.8 Å². The lowest BCUT2D eigenvalue weighted by Crippen LogP contribution is -2.43. The van der Waals surface area contributed by atoms with Crippen molar-refractivity contribution in [2.45, 2.75) is 19.3 Å². The molecule has 2 amide bonds. The third-order valence-corrected chi connectivity index (χ3v) is 4.62. The summed E-state index contributed by atoms with van der Waals surface area (Å²) in [6, 6.07) is 5.28. The van der Waals surface area contributed by atoms with E-state index in [2.05, 4.69) is 5.32 Å². The van der Waals surface area contributed by atoms with Gasteiger partial charge in [-0.1, -0.05) is 6.07 Å². The van der Waals surface area contributed by atoms with Crippen LogP contribution in [0.1, 0.15) is 29.6 Å². The number of methoxy groups -OCH3 is 3. The van der Waals surface area contributed by atoms with E-state index in [4.69, 9.17) is 14.2 Å². The minimum Gasteiger partial charge on any atom is -0.496 e. The molecule has 1 aliphatic heterocycles. The number of amides is 2. The van der Waals surface area contributed by atoms with Gasteiger partial charge in [-0.2, -0.15) is 0 Å². The van der Waals surface area contributed by atoms with Crippen molar-refractivity contribution in [1.29, 1.82) is 0 Å². The van der Waals surface area contributed by atoms with E-state index in [0.29, 0.717) is 56.1 Å². The molecule has 26 heavy (non-hydrogen) atoms. The van der Waals surface area contributed by atoms with Gasteiger partial charge in [0, 0.05) is 39.3 Å². The highest BCUT2D eigenvalue weighted by Gasteiger charge is 2.30. The van der Waals surface area contributed by atoms with Crippen LogP contribution in [0, 0.1) is 5.92 Å². The number of nitrogens with one attached hydrogen (secondary N) is 1. The molecule has 1 heterocycles. The number of ether oxygens (including phenoxy) is 3. The molecule has 1 aromatic carbocycles. The lowest BCUT2D eigenvalue weighted by molar-refractivity contribution is -0.126. The summed E-state index contributed by atoms with van der Waals surface area (Å²) in [5.41, 5.74) is 0.431. The molecule has 1 saturated heterocycles. The molecule has 0 aliphatic carbocycles. The lowest BCUT2D eigenvalue weighted by Gasteiger charge is -2.32. The molecule has 1 aromatic rings. The quantitative estimate of drug-likeness (QED) is 0.711. The summed E-state index contributed by atoms with van der Waals surface area (Å²) in [5, 5.41) is 2.94. The highest BCUT2D eigenvalue weighted by Crippen LogP contribution is 2.31. The number of benzene rings is 1. The van der Waals surface area contributed by atoms with Gasteiger partial charge < -0.3 is 24.4 Å². The molecular formula is C19H28N2O5. The van der Waals surface area contributed by atoms with Crippen LogP contribution in [0.3, 0.4) is 0 Å². The number of rotatable bonds is 8. The molecule has 0 saturated carbocycles. The average Bonchev–Trinajstić information content (AvgIpc) is 2.69. The number of likely N-dealkylation sites (tertiary alicyclic amines) is 1. The van der Waals surface area contributed by atoms with Crippen LogP contribution in [0.5, 0.6) is 11.5 Å². The summed E-state index contributed by atoms with van der Waals surface area (Å²) in [4.78, 5) is 26.9. The normalized spacial score (nSPS) is 14.8. The molecule has 0 atom stereocenters. The fourth-order valence-electron chi connectivity index (χ4n) is 3.14. The van der Waals surface area contributed by atoms with E-state index in [9.17, 15) is 9.59 Å². The Kier molecular flexibility index (Phi) is 7.72. The zero-order valence-electron chi connectivity index (χ0n) is 15.7. The van der Waals surface area contributed by atoms with Crippen molar-refractivity contribution in [2.24, 2.45) is 5.92 Å². The summed E-state index contributed by atoms with van der Waals surface area (Å²) in [6.45, 7) is 2.32. The molecule has 1 aliphatic rings. The summed E-state index contributed by atoms with van der Waals surface area (Å²) < 4.78 is 15.6. The fraction of sp³-hybridized carbons (Fsp3) is 0.579. The average molecular weight is 364 g/mol. The summed E-state index contributed by atoms with van der Waals surface area (Å²) >= 11 is 0. The monoisotopic (exact) mass is 364 g/mol. The predicted octanol–water partition coefficient (Wildman–Crippen LogP) is 1.71. The molecule has 0 unspecified atom stereocenters. The molecule has 7 nitrogen and oxygen atoms in total. The molecule has 7 heteroatoms. The van der Waals surface area contributed by atoms with Gasteiger partial charge in [-0.25, -0.2) is 0 Å². The van der Waals surface area contributed by atoms with E-state index in [-0.39, 0.29) is 17.7 Å². The van der Waals surface area contributed by atoms with Crippen LogP contribution in [0.4, 0.5) is 0 Å². The van der Waals surface area contributed by atoms with E-state index in [1.165, 1.54) is 14.2 Å². The van der Waals surface area contributed by atoms with Crippen molar-refractivity contribution in [3.8, 4) is 11.5 Å². The maximum absolute atomic E-state index is 12.9. The van der Waals surface area contributed by atoms with Crippen molar-refractivity contribution < 1.29 is 23.8 Å². The first-order valence-electron chi connectivity index (χ1n) is 8.89. The molecule has 0 spiro atoms. The van der Waals surface area contributed by atoms with Crippen molar-refractivity contribution in [1.82, 2.24) is 10.2 Å². The predicted molar refractivity (Wildman–Crippen MR) is 97.7 cm³/mol. The Morgan fingerprint density at radius 1 is 1.12 bits per heavy atom. The first-order chi connectivity index (χ1) is 12.6. The molecule has 0 bridgehead atoms. The maximum atomic E-state index is 12.9. The number of carbonyl (C=O) groups is 2. The van der Waals surface area contributed by atoms with Gasteiger partial charge >= 0.3 is 0 Å². The van der Waals surface area contributed by atoms with E-state index in [0.717, 1.165) is 6.42 Å². The van der Waals surface area contributed by atoms with Gasteiger partial charge in [0.2, 0.25) is 5.91 Å². The third kappa shape index (κ3) is 4.88. The van der Waals surface area contributed by atoms with E-state index < -0.39 is 0 Å². The second kappa shape index (κ2) is 10.0. The lowest BCUT2D eigenvalue weighted by atomic mass is 9.95. The zero-order chi connectivity index (χ0) is 18.9. The summed E-state index contributed by atoms with van der Waals surface area (Å²) in [5.74, 6) is 0.863.